The third-order valence-corrected chi connectivity index (χ3v) is 13.7. The number of fused-ring (bicyclic) bond motifs is 6. The van der Waals surface area contributed by atoms with Gasteiger partial charge in [0.05, 0.1) is 40.9 Å². The van der Waals surface area contributed by atoms with Gasteiger partial charge in [-0.15, -0.1) is 0 Å². The minimum atomic E-state index is -2.02. The highest BCUT2D eigenvalue weighted by molar-refractivity contribution is 6.74. The van der Waals surface area contributed by atoms with Crippen molar-refractivity contribution in [2.24, 2.45) is 11.8 Å². The zero-order valence-corrected chi connectivity index (χ0v) is 22.8. The lowest BCUT2D eigenvalue weighted by molar-refractivity contribution is -0.134. The average Bonchev–Trinajstić information content (AvgIpc) is 3.33. The maximum atomic E-state index is 14.0. The van der Waals surface area contributed by atoms with Crippen molar-refractivity contribution >= 4 is 36.6 Å². The lowest BCUT2D eigenvalue weighted by Crippen LogP contribution is -2.50. The maximum Gasteiger partial charge on any atom is 0.240 e. The number of anilines is 1. The molecule has 1 N–H and O–H groups in total. The highest BCUT2D eigenvalue weighted by Crippen LogP contribution is 2.62. The SMILES string of the molecule is CC(C)(C)[Si](C)(C)OCC[C@@]12C[C@H](O)[C@](C)(O1)[C@H]1C(=O)N(c3ccc(C#N)c4ccccc34)C(=O)C12. The van der Waals surface area contributed by atoms with Gasteiger partial charge in [0.2, 0.25) is 11.8 Å². The molecule has 5 atom stereocenters. The van der Waals surface area contributed by atoms with Gasteiger partial charge in [-0.1, -0.05) is 45.0 Å². The van der Waals surface area contributed by atoms with E-state index in [1.54, 1.807) is 19.1 Å². The van der Waals surface area contributed by atoms with E-state index < -0.39 is 37.5 Å². The molecule has 0 aromatic heterocycles. The maximum absolute atomic E-state index is 14.0. The number of imide groups is 1. The Kier molecular flexibility index (Phi) is 5.55. The van der Waals surface area contributed by atoms with Crippen LogP contribution in [0.3, 0.4) is 0 Å². The van der Waals surface area contributed by atoms with Gasteiger partial charge in [-0.25, -0.2) is 4.90 Å². The molecule has 7 nitrogen and oxygen atoms in total. The van der Waals surface area contributed by atoms with E-state index in [9.17, 15) is 20.0 Å². The normalized spacial score (nSPS) is 31.8. The van der Waals surface area contributed by atoms with Crippen LogP contribution in [0.4, 0.5) is 5.69 Å². The first-order valence-electron chi connectivity index (χ1n) is 12.6. The van der Waals surface area contributed by atoms with Crippen molar-refractivity contribution in [1.29, 1.82) is 5.26 Å². The molecular formula is C28H34N2O5Si. The van der Waals surface area contributed by atoms with Crippen LogP contribution in [0.15, 0.2) is 36.4 Å². The van der Waals surface area contributed by atoms with Crippen LogP contribution in [0.25, 0.3) is 10.8 Å². The van der Waals surface area contributed by atoms with Gasteiger partial charge in [0.15, 0.2) is 8.32 Å². The molecule has 3 heterocycles. The molecule has 8 heteroatoms. The molecule has 2 aromatic carbocycles. The number of aliphatic hydroxyl groups is 1. The van der Waals surface area contributed by atoms with E-state index in [1.807, 2.05) is 24.3 Å². The fraction of sp³-hybridized carbons (Fsp3) is 0.536. The molecule has 0 aliphatic carbocycles. The van der Waals surface area contributed by atoms with Gasteiger partial charge in [-0.2, -0.15) is 5.26 Å². The van der Waals surface area contributed by atoms with E-state index in [-0.39, 0.29) is 16.9 Å². The Morgan fingerprint density at radius 2 is 1.78 bits per heavy atom. The summed E-state index contributed by atoms with van der Waals surface area (Å²) in [5.74, 6) is -2.11. The predicted octanol–water partition coefficient (Wildman–Crippen LogP) is 4.52. The summed E-state index contributed by atoms with van der Waals surface area (Å²) in [5.41, 5.74) is -1.13. The molecule has 36 heavy (non-hydrogen) atoms. The Labute approximate surface area is 213 Å². The van der Waals surface area contributed by atoms with E-state index in [4.69, 9.17) is 9.16 Å². The van der Waals surface area contributed by atoms with Crippen LogP contribution < -0.4 is 4.90 Å². The second-order valence-electron chi connectivity index (χ2n) is 12.2. The highest BCUT2D eigenvalue weighted by atomic mass is 28.4. The number of rotatable bonds is 5. The van der Waals surface area contributed by atoms with Crippen LogP contribution in [-0.4, -0.2) is 49.2 Å². The lowest BCUT2D eigenvalue weighted by atomic mass is 9.66. The Balaban J connectivity index is 1.52. The second kappa shape index (κ2) is 7.96. The quantitative estimate of drug-likeness (QED) is 0.473. The van der Waals surface area contributed by atoms with Crippen molar-refractivity contribution in [3.05, 3.63) is 42.0 Å². The molecular weight excluding hydrogens is 472 g/mol. The summed E-state index contributed by atoms with van der Waals surface area (Å²) in [6.45, 7) is 13.0. The zero-order valence-electron chi connectivity index (χ0n) is 21.8. The summed E-state index contributed by atoms with van der Waals surface area (Å²) in [6, 6.07) is 12.8. The van der Waals surface area contributed by atoms with Gasteiger partial charge in [0.1, 0.15) is 5.60 Å². The van der Waals surface area contributed by atoms with Crippen LogP contribution in [0.1, 0.15) is 46.1 Å². The molecule has 190 valence electrons. The standard InChI is InChI=1S/C28H34N2O5Si/c1-26(2,3)36(5,6)34-14-13-28-15-21(31)27(4,35-28)22-23(28)25(33)30(24(22)32)20-12-11-17(16-29)18-9-7-8-10-19(18)20/h7-12,21-23,31H,13-15H2,1-6H3/t21-,22+,23?,27-,28-/m0/s1. The number of aliphatic hydroxyl groups excluding tert-OH is 1. The largest absolute Gasteiger partial charge is 0.417 e. The van der Waals surface area contributed by atoms with Crippen molar-refractivity contribution in [2.75, 3.05) is 11.5 Å². The first-order valence-corrected chi connectivity index (χ1v) is 15.5. The number of amides is 2. The molecule has 3 aliphatic rings. The van der Waals surface area contributed by atoms with Gasteiger partial charge in [0, 0.05) is 23.8 Å². The Morgan fingerprint density at radius 3 is 2.42 bits per heavy atom. The first-order chi connectivity index (χ1) is 16.8. The summed E-state index contributed by atoms with van der Waals surface area (Å²) in [6.07, 6.45) is -0.109. The van der Waals surface area contributed by atoms with Crippen LogP contribution in [0.5, 0.6) is 0 Å². The van der Waals surface area contributed by atoms with Crippen LogP contribution in [0, 0.1) is 23.2 Å². The molecule has 5 rings (SSSR count). The van der Waals surface area contributed by atoms with Crippen LogP contribution in [-0.2, 0) is 18.8 Å². The summed E-state index contributed by atoms with van der Waals surface area (Å²) in [4.78, 5) is 29.1. The topological polar surface area (TPSA) is 99.9 Å². The lowest BCUT2D eigenvalue weighted by Gasteiger charge is -2.38. The highest BCUT2D eigenvalue weighted by Gasteiger charge is 2.77. The molecule has 2 aromatic rings. The van der Waals surface area contributed by atoms with Gasteiger partial charge >= 0.3 is 0 Å². The van der Waals surface area contributed by atoms with Gasteiger partial charge in [-0.3, -0.25) is 9.59 Å². The van der Waals surface area contributed by atoms with Gasteiger partial charge < -0.3 is 14.3 Å². The number of benzene rings is 2. The molecule has 1 unspecified atom stereocenters. The summed E-state index contributed by atoms with van der Waals surface area (Å²) in [5, 5.41) is 22.0. The average molecular weight is 507 g/mol. The molecule has 3 saturated heterocycles. The summed E-state index contributed by atoms with van der Waals surface area (Å²) in [7, 11) is -2.02. The summed E-state index contributed by atoms with van der Waals surface area (Å²) < 4.78 is 12.9. The molecule has 3 aliphatic heterocycles. The van der Waals surface area contributed by atoms with Crippen molar-refractivity contribution < 1.29 is 23.9 Å². The number of nitrogens with zero attached hydrogens (tertiary/aromatic N) is 2. The molecule has 3 fully saturated rings. The number of carbonyl (C=O) groups is 2. The predicted molar refractivity (Wildman–Crippen MR) is 139 cm³/mol. The van der Waals surface area contributed by atoms with Gasteiger partial charge in [0.25, 0.3) is 0 Å². The molecule has 0 radical (unpaired) electrons. The fourth-order valence-corrected chi connectivity index (χ4v) is 7.18. The Morgan fingerprint density at radius 1 is 1.14 bits per heavy atom. The van der Waals surface area contributed by atoms with E-state index in [1.165, 1.54) is 4.90 Å². The third kappa shape index (κ3) is 3.33. The molecule has 2 bridgehead atoms. The number of ether oxygens (including phenoxy) is 1. The number of hydrogen-bond acceptors (Lipinski definition) is 6. The number of carbonyl (C=O) groups excluding carboxylic acids is 2. The minimum absolute atomic E-state index is 0.0417. The second-order valence-corrected chi connectivity index (χ2v) is 17.0. The fourth-order valence-electron chi connectivity index (χ4n) is 6.13. The molecule has 0 spiro atoms. The number of hydrogen-bond donors (Lipinski definition) is 1. The smallest absolute Gasteiger partial charge is 0.240 e. The summed E-state index contributed by atoms with van der Waals surface area (Å²) >= 11 is 0. The van der Waals surface area contributed by atoms with Gasteiger partial charge in [-0.05, 0) is 43.6 Å². The van der Waals surface area contributed by atoms with Crippen molar-refractivity contribution in [1.82, 2.24) is 0 Å². The van der Waals surface area contributed by atoms with Crippen molar-refractivity contribution in [3.63, 3.8) is 0 Å². The van der Waals surface area contributed by atoms with E-state index >= 15 is 0 Å². The Bertz CT molecular complexity index is 1310. The Hall–Kier alpha value is -2.57. The number of nitriles is 1. The molecule has 2 amide bonds. The van der Waals surface area contributed by atoms with Crippen LogP contribution in [0.2, 0.25) is 18.1 Å². The van der Waals surface area contributed by atoms with Crippen molar-refractivity contribution in [2.45, 2.75) is 76.0 Å². The monoisotopic (exact) mass is 506 g/mol. The van der Waals surface area contributed by atoms with E-state index in [0.29, 0.717) is 41.5 Å². The van der Waals surface area contributed by atoms with E-state index in [0.717, 1.165) is 0 Å². The third-order valence-electron chi connectivity index (χ3n) is 9.17. The zero-order chi connectivity index (χ0) is 26.3. The molecule has 0 saturated carbocycles. The van der Waals surface area contributed by atoms with Crippen molar-refractivity contribution in [3.8, 4) is 6.07 Å². The van der Waals surface area contributed by atoms with E-state index in [2.05, 4.69) is 39.9 Å². The minimum Gasteiger partial charge on any atom is -0.417 e. The van der Waals surface area contributed by atoms with Crippen LogP contribution >= 0.6 is 0 Å². The first kappa shape index (κ1) is 25.1.